The fourth-order valence-corrected chi connectivity index (χ4v) is 2.74. The molecule has 1 aliphatic rings. The topological polar surface area (TPSA) is 54.9 Å². The van der Waals surface area contributed by atoms with Crippen LogP contribution in [0.2, 0.25) is 0 Å². The van der Waals surface area contributed by atoms with Crippen LogP contribution in [-0.2, 0) is 9.72 Å². The van der Waals surface area contributed by atoms with Gasteiger partial charge < -0.3 is 5.32 Å². The molecule has 4 rings (SSSR count). The zero-order valence-electron chi connectivity index (χ0n) is 18.2. The second kappa shape index (κ2) is 19.5. The molecule has 2 heterocycles. The average molecular weight is 799 g/mol. The Labute approximate surface area is 225 Å². The number of fused-ring (bicyclic) bond motifs is 2. The van der Waals surface area contributed by atoms with Crippen molar-refractivity contribution in [1.29, 1.82) is 0 Å². The first-order chi connectivity index (χ1) is 14.6. The molecule has 1 atom stereocenters. The number of carbonyl (C=O) groups excluding carboxylic acids is 1. The Hall–Kier alpha value is 0.0244. The van der Waals surface area contributed by atoms with E-state index in [9.17, 15) is 4.79 Å². The van der Waals surface area contributed by atoms with Crippen molar-refractivity contribution in [3.05, 3.63) is 66.1 Å². The van der Waals surface area contributed by atoms with Crippen LogP contribution in [0.3, 0.4) is 0 Å². The summed E-state index contributed by atoms with van der Waals surface area (Å²) >= 11 is 7.39. The third-order valence-electron chi connectivity index (χ3n) is 3.64. The second-order valence-corrected chi connectivity index (χ2v) is 40.3. The molecule has 3 aromatic rings. The van der Waals surface area contributed by atoms with Crippen LogP contribution in [0.1, 0.15) is 66.1 Å². The van der Waals surface area contributed by atoms with Gasteiger partial charge in [0.15, 0.2) is 0 Å². The summed E-state index contributed by atoms with van der Waals surface area (Å²) < 4.78 is 0. The van der Waals surface area contributed by atoms with Gasteiger partial charge in [0.2, 0.25) is 5.91 Å². The third kappa shape index (κ3) is 10.2. The predicted octanol–water partition coefficient (Wildman–Crippen LogP) is 9.08. The number of amides is 1. The first-order valence-corrected chi connectivity index (χ1v) is 23.5. The molecule has 0 saturated carbocycles. The third-order valence-corrected chi connectivity index (χ3v) is 3.64. The summed E-state index contributed by atoms with van der Waals surface area (Å²) in [6.07, 6.45) is 1.52. The predicted molar refractivity (Wildman–Crippen MR) is 159 cm³/mol. The van der Waals surface area contributed by atoms with E-state index in [1.54, 1.807) is 0 Å². The monoisotopic (exact) mass is 799 g/mol. The number of carbonyl (C=O) groups is 1. The zero-order valence-corrected chi connectivity index (χ0v) is 26.0. The van der Waals surface area contributed by atoms with Crippen molar-refractivity contribution in [1.82, 2.24) is 9.97 Å². The van der Waals surface area contributed by atoms with Gasteiger partial charge in [-0.3, -0.25) is 4.79 Å². The van der Waals surface area contributed by atoms with Crippen molar-refractivity contribution in [3.63, 3.8) is 0 Å². The summed E-state index contributed by atoms with van der Waals surface area (Å²) in [4.78, 5) is 20.6. The number of anilines is 1. The van der Waals surface area contributed by atoms with Crippen LogP contribution in [0.25, 0.3) is 10.9 Å². The van der Waals surface area contributed by atoms with Gasteiger partial charge in [-0.25, -0.2) is 9.97 Å². The minimum absolute atomic E-state index is 0. The molecular formula is C23H33I3N3OV. The number of nitrogens with zero attached hydrogens (tertiary/aromatic N) is 2. The second-order valence-electron chi connectivity index (χ2n) is 4.98. The van der Waals surface area contributed by atoms with E-state index in [-0.39, 0.29) is 24.2 Å². The summed E-state index contributed by atoms with van der Waals surface area (Å²) in [5.41, 5.74) is 3.46. The van der Waals surface area contributed by atoms with Gasteiger partial charge in [-0.15, -0.1) is 0 Å². The molecule has 2 aromatic carbocycles. The molecule has 0 saturated heterocycles. The molecule has 172 valence electrons. The van der Waals surface area contributed by atoms with Crippen LogP contribution >= 0.6 is 59.9 Å². The maximum atomic E-state index is 12.3. The van der Waals surface area contributed by atoms with Crippen molar-refractivity contribution in [3.8, 4) is 0 Å². The first kappa shape index (κ1) is 33.2. The van der Waals surface area contributed by atoms with Gasteiger partial charge in [0, 0.05) is 11.1 Å². The molecule has 4 nitrogen and oxygen atoms in total. The number of para-hydroxylation sites is 2. The van der Waals surface area contributed by atoms with E-state index in [0.717, 1.165) is 27.8 Å². The zero-order chi connectivity index (χ0) is 23.1. The summed E-state index contributed by atoms with van der Waals surface area (Å²) in [6, 6.07) is 15.5. The van der Waals surface area contributed by atoms with E-state index in [1.165, 1.54) is 6.33 Å². The molecule has 1 amide bonds. The van der Waals surface area contributed by atoms with E-state index in [0.29, 0.717) is 0 Å². The molecule has 8 heteroatoms. The van der Waals surface area contributed by atoms with Gasteiger partial charge in [-0.05, 0) is 17.7 Å². The summed E-state index contributed by atoms with van der Waals surface area (Å²) in [5, 5.41) is 3.83. The van der Waals surface area contributed by atoms with Crippen molar-refractivity contribution in [2.45, 2.75) is 54.9 Å². The van der Waals surface area contributed by atoms with Gasteiger partial charge >= 0.3 is 64.9 Å². The quantitative estimate of drug-likeness (QED) is 0.250. The molecule has 0 bridgehead atoms. The fourth-order valence-electron chi connectivity index (χ4n) is 2.74. The summed E-state index contributed by atoms with van der Waals surface area (Å²) in [6.45, 7) is 12.0. The van der Waals surface area contributed by atoms with Gasteiger partial charge in [0.1, 0.15) is 12.2 Å². The molecule has 31 heavy (non-hydrogen) atoms. The van der Waals surface area contributed by atoms with Crippen LogP contribution in [0.15, 0.2) is 54.9 Å². The standard InChI is InChI=1S/C16H11N3O.3C2H6.CH4.3HI.V/c20-16-14(10-5-1-4-8-13(10)19-16)15-11-6-2-3-7-12(11)17-9-18-15;3*1-2;;;;;/h1-9,14H,(H,19,20);3*1-2H3;1H4;3*1H;/q;;;;;;;;+3/p-3. The Kier molecular flexibility index (Phi) is 20.9. The maximum absolute atomic E-state index is 12.3. The van der Waals surface area contributed by atoms with Crippen LogP contribution in [0.4, 0.5) is 5.69 Å². The van der Waals surface area contributed by atoms with Crippen molar-refractivity contribution < 1.29 is 9.72 Å². The Morgan fingerprint density at radius 1 is 0.839 bits per heavy atom. The van der Waals surface area contributed by atoms with E-state index in [1.807, 2.05) is 90.1 Å². The van der Waals surface area contributed by atoms with Crippen LogP contribution < -0.4 is 5.32 Å². The normalized spacial score (nSPS) is 12.7. The number of rotatable bonds is 1. The van der Waals surface area contributed by atoms with Gasteiger partial charge in [-0.2, -0.15) is 0 Å². The molecule has 1 aromatic heterocycles. The van der Waals surface area contributed by atoms with Gasteiger partial charge in [-0.1, -0.05) is 85.4 Å². The number of aromatic nitrogens is 2. The van der Waals surface area contributed by atoms with E-state index >= 15 is 0 Å². The Morgan fingerprint density at radius 3 is 1.97 bits per heavy atom. The average Bonchev–Trinajstić information content (AvgIpc) is 3.13. The molecule has 0 fully saturated rings. The van der Waals surface area contributed by atoms with Crippen molar-refractivity contribution >= 4 is 82.4 Å². The molecule has 0 aliphatic carbocycles. The summed E-state index contributed by atoms with van der Waals surface area (Å²) in [7, 11) is 0. The molecule has 1 N–H and O–H groups in total. The Balaban J connectivity index is 0. The van der Waals surface area contributed by atoms with Crippen LogP contribution in [0.5, 0.6) is 0 Å². The van der Waals surface area contributed by atoms with E-state index < -0.39 is 0 Å². The van der Waals surface area contributed by atoms with Gasteiger partial charge in [0.25, 0.3) is 0 Å². The number of hydrogen-bond acceptors (Lipinski definition) is 3. The molecular weight excluding hydrogens is 766 g/mol. The minimum atomic E-state index is -0.362. The fraction of sp³-hybridized carbons (Fsp3) is 0.348. The van der Waals surface area contributed by atoms with Crippen LogP contribution in [0, 0.1) is 0 Å². The molecule has 1 aliphatic heterocycles. The van der Waals surface area contributed by atoms with E-state index in [4.69, 9.17) is 0 Å². The number of nitrogens with one attached hydrogen (secondary N) is 1. The summed E-state index contributed by atoms with van der Waals surface area (Å²) in [5.74, 6) is -0.394. The SMILES string of the molecule is C.CC.CC.CC.O=C1Nc2ccccc2C1c1ncnc2ccccc12.[I][V]([I])[I]. The van der Waals surface area contributed by atoms with Crippen molar-refractivity contribution in [2.24, 2.45) is 0 Å². The van der Waals surface area contributed by atoms with E-state index in [2.05, 4.69) is 75.2 Å². The molecule has 1 unspecified atom stereocenters. The number of halogens is 3. The molecule has 0 radical (unpaired) electrons. The molecule has 0 spiro atoms. The first-order valence-electron chi connectivity index (χ1n) is 9.95. The Morgan fingerprint density at radius 2 is 1.35 bits per heavy atom. The van der Waals surface area contributed by atoms with Crippen LogP contribution in [-0.4, -0.2) is 15.9 Å². The number of hydrogen-bond donors (Lipinski definition) is 1. The Bertz CT molecular complexity index is 887. The van der Waals surface area contributed by atoms with Gasteiger partial charge in [0.05, 0.1) is 11.2 Å². The number of benzene rings is 2. The van der Waals surface area contributed by atoms with Crippen molar-refractivity contribution in [2.75, 3.05) is 5.32 Å².